The number of esters is 2. The molecule has 10 nitrogen and oxygen atoms in total. The molecule has 0 aliphatic rings. The van der Waals surface area contributed by atoms with Gasteiger partial charge in [0.2, 0.25) is 11.7 Å². The minimum atomic E-state index is -0.984. The Morgan fingerprint density at radius 2 is 1.42 bits per heavy atom. The molecule has 0 aromatic heterocycles. The molecule has 1 atom stereocenters. The first-order chi connectivity index (χ1) is 18.2. The van der Waals surface area contributed by atoms with Crippen LogP contribution in [0.3, 0.4) is 0 Å². The lowest BCUT2D eigenvalue weighted by Crippen LogP contribution is -2.39. The first-order valence-electron chi connectivity index (χ1n) is 11.7. The third-order valence-electron chi connectivity index (χ3n) is 5.76. The summed E-state index contributed by atoms with van der Waals surface area (Å²) < 4.78 is 21.1. The van der Waals surface area contributed by atoms with Crippen molar-refractivity contribution in [3.63, 3.8) is 0 Å². The molecule has 0 aliphatic carbocycles. The zero-order valence-corrected chi connectivity index (χ0v) is 21.4. The highest BCUT2D eigenvalue weighted by Gasteiger charge is 2.24. The first-order valence-corrected chi connectivity index (χ1v) is 11.7. The molecule has 0 aliphatic heterocycles. The topological polar surface area (TPSA) is 146 Å². The molecule has 0 unspecified atom stereocenters. The van der Waals surface area contributed by atoms with Crippen LogP contribution in [0.15, 0.2) is 60.7 Å². The number of nitrogens with two attached hydrogens (primary N) is 1. The Kier molecular flexibility index (Phi) is 9.66. The summed E-state index contributed by atoms with van der Waals surface area (Å²) in [5.41, 5.74) is 7.82. The van der Waals surface area contributed by atoms with Gasteiger partial charge in [0.05, 0.1) is 26.9 Å². The maximum atomic E-state index is 12.9. The van der Waals surface area contributed by atoms with Crippen LogP contribution in [0.1, 0.15) is 28.8 Å². The standard InChI is InChI=1S/C28H30N2O8/c1-35-23-14-17(15-24(36-2)26(23)37-3)16-30-22(12-13-25(29)32)28(34)38-27(33)20-6-4-18(5-7-20)19-8-10-21(31)11-9-19/h4-11,14-15,22,30-31H,12-13,16H2,1-3H3,(H2,29,32)/t22-/m0/s1. The SMILES string of the molecule is COc1cc(CN[C@@H](CCC(N)=O)C(=O)OC(=O)c2ccc(-c3ccc(O)cc3)cc2)cc(OC)c1OC. The zero-order valence-electron chi connectivity index (χ0n) is 21.4. The highest BCUT2D eigenvalue weighted by Crippen LogP contribution is 2.38. The molecule has 10 heteroatoms. The van der Waals surface area contributed by atoms with E-state index in [2.05, 4.69) is 5.32 Å². The molecule has 3 aromatic rings. The number of ether oxygens (including phenoxy) is 4. The van der Waals surface area contributed by atoms with Gasteiger partial charge in [-0.25, -0.2) is 9.59 Å². The summed E-state index contributed by atoms with van der Waals surface area (Å²) in [7, 11) is 4.47. The Labute approximate surface area is 220 Å². The number of benzene rings is 3. The third kappa shape index (κ3) is 7.23. The maximum absolute atomic E-state index is 12.9. The number of rotatable bonds is 12. The van der Waals surface area contributed by atoms with Crippen molar-refractivity contribution < 1.29 is 38.4 Å². The normalized spacial score (nSPS) is 11.3. The van der Waals surface area contributed by atoms with E-state index in [0.717, 1.165) is 11.1 Å². The Morgan fingerprint density at radius 3 is 1.92 bits per heavy atom. The maximum Gasteiger partial charge on any atom is 0.345 e. The molecule has 0 saturated carbocycles. The van der Waals surface area contributed by atoms with E-state index in [-0.39, 0.29) is 30.7 Å². The second-order valence-electron chi connectivity index (χ2n) is 8.30. The molecule has 3 aromatic carbocycles. The van der Waals surface area contributed by atoms with E-state index < -0.39 is 23.9 Å². The molecule has 0 bridgehead atoms. The van der Waals surface area contributed by atoms with E-state index >= 15 is 0 Å². The first kappa shape index (κ1) is 28.0. The summed E-state index contributed by atoms with van der Waals surface area (Å²) in [4.78, 5) is 36.9. The summed E-state index contributed by atoms with van der Waals surface area (Å²) in [6.07, 6.45) is -0.0524. The van der Waals surface area contributed by atoms with Crippen LogP contribution in [0.5, 0.6) is 23.0 Å². The van der Waals surface area contributed by atoms with E-state index in [1.807, 2.05) is 0 Å². The molecular formula is C28H30N2O8. The monoisotopic (exact) mass is 522 g/mol. The predicted octanol–water partition coefficient (Wildman–Crippen LogP) is 3.19. The zero-order chi connectivity index (χ0) is 27.7. The van der Waals surface area contributed by atoms with Crippen LogP contribution in [0.2, 0.25) is 0 Å². The van der Waals surface area contributed by atoms with E-state index in [1.165, 1.54) is 21.3 Å². The largest absolute Gasteiger partial charge is 0.508 e. The fourth-order valence-corrected chi connectivity index (χ4v) is 3.74. The lowest BCUT2D eigenvalue weighted by Gasteiger charge is -2.18. The number of carbonyl (C=O) groups excluding carboxylic acids is 3. The van der Waals surface area contributed by atoms with Gasteiger partial charge in [-0.2, -0.15) is 0 Å². The van der Waals surface area contributed by atoms with E-state index in [9.17, 15) is 19.5 Å². The molecule has 1 amide bonds. The van der Waals surface area contributed by atoms with Crippen LogP contribution in [0.4, 0.5) is 0 Å². The lowest BCUT2D eigenvalue weighted by molar-refractivity contribution is -0.140. The van der Waals surface area contributed by atoms with Gasteiger partial charge < -0.3 is 35.1 Å². The fraction of sp³-hybridized carbons (Fsp3) is 0.250. The van der Waals surface area contributed by atoms with Gasteiger partial charge in [-0.3, -0.25) is 4.79 Å². The summed E-state index contributed by atoms with van der Waals surface area (Å²) in [6, 6.07) is 15.6. The summed E-state index contributed by atoms with van der Waals surface area (Å²) in [6.45, 7) is 0.171. The number of methoxy groups -OCH3 is 3. The highest BCUT2D eigenvalue weighted by molar-refractivity contribution is 5.98. The average molecular weight is 523 g/mol. The summed E-state index contributed by atoms with van der Waals surface area (Å²) in [5.74, 6) is -0.815. The van der Waals surface area contributed by atoms with Crippen LogP contribution in [-0.4, -0.2) is 50.3 Å². The van der Waals surface area contributed by atoms with Crippen LogP contribution < -0.4 is 25.3 Å². The molecule has 0 heterocycles. The highest BCUT2D eigenvalue weighted by atomic mass is 16.6. The second-order valence-corrected chi connectivity index (χ2v) is 8.30. The molecule has 0 fully saturated rings. The van der Waals surface area contributed by atoms with Gasteiger partial charge in [-0.1, -0.05) is 24.3 Å². The Hall–Kier alpha value is -4.57. The van der Waals surface area contributed by atoms with Gasteiger partial charge in [-0.05, 0) is 59.5 Å². The summed E-state index contributed by atoms with van der Waals surface area (Å²) >= 11 is 0. The van der Waals surface area contributed by atoms with Crippen molar-refractivity contribution in [1.29, 1.82) is 0 Å². The molecule has 0 radical (unpaired) electrons. The van der Waals surface area contributed by atoms with Crippen molar-refractivity contribution in [2.75, 3.05) is 21.3 Å². The summed E-state index contributed by atoms with van der Waals surface area (Å²) in [5, 5.41) is 12.5. The molecular weight excluding hydrogens is 492 g/mol. The number of hydrogen-bond acceptors (Lipinski definition) is 9. The van der Waals surface area contributed by atoms with Gasteiger partial charge in [-0.15, -0.1) is 0 Å². The number of carbonyl (C=O) groups is 3. The van der Waals surface area contributed by atoms with Crippen molar-refractivity contribution >= 4 is 17.8 Å². The van der Waals surface area contributed by atoms with Crippen LogP contribution >= 0.6 is 0 Å². The molecule has 0 spiro atoms. The quantitative estimate of drug-likeness (QED) is 0.241. The van der Waals surface area contributed by atoms with Crippen LogP contribution in [0, 0.1) is 0 Å². The number of phenols is 1. The molecule has 3 rings (SSSR count). The van der Waals surface area contributed by atoms with Crippen LogP contribution in [-0.2, 0) is 20.9 Å². The smallest absolute Gasteiger partial charge is 0.345 e. The third-order valence-corrected chi connectivity index (χ3v) is 5.76. The number of phenolic OH excluding ortho intramolecular Hbond substituents is 1. The van der Waals surface area contributed by atoms with Crippen LogP contribution in [0.25, 0.3) is 11.1 Å². The molecule has 200 valence electrons. The molecule has 38 heavy (non-hydrogen) atoms. The number of amides is 1. The molecule has 0 saturated heterocycles. The van der Waals surface area contributed by atoms with E-state index in [1.54, 1.807) is 60.7 Å². The van der Waals surface area contributed by atoms with Crippen molar-refractivity contribution in [3.05, 3.63) is 71.8 Å². The van der Waals surface area contributed by atoms with Crippen molar-refractivity contribution in [2.45, 2.75) is 25.4 Å². The van der Waals surface area contributed by atoms with Gasteiger partial charge in [0.25, 0.3) is 0 Å². The average Bonchev–Trinajstić information content (AvgIpc) is 2.92. The molecule has 4 N–H and O–H groups in total. The van der Waals surface area contributed by atoms with Gasteiger partial charge in [0, 0.05) is 13.0 Å². The van der Waals surface area contributed by atoms with Gasteiger partial charge in [0.1, 0.15) is 11.8 Å². The number of primary amides is 1. The van der Waals surface area contributed by atoms with E-state index in [0.29, 0.717) is 22.8 Å². The minimum absolute atomic E-state index is 0.0334. The minimum Gasteiger partial charge on any atom is -0.508 e. The Morgan fingerprint density at radius 1 is 0.868 bits per heavy atom. The Balaban J connectivity index is 1.70. The van der Waals surface area contributed by atoms with Gasteiger partial charge in [0.15, 0.2) is 11.5 Å². The lowest BCUT2D eigenvalue weighted by atomic mass is 10.0. The predicted molar refractivity (Wildman–Crippen MR) is 139 cm³/mol. The van der Waals surface area contributed by atoms with Crippen molar-refractivity contribution in [2.24, 2.45) is 5.73 Å². The van der Waals surface area contributed by atoms with Crippen molar-refractivity contribution in [3.8, 4) is 34.1 Å². The Bertz CT molecular complexity index is 1250. The number of aromatic hydroxyl groups is 1. The number of hydrogen-bond donors (Lipinski definition) is 3. The second kappa shape index (κ2) is 13.1. The van der Waals surface area contributed by atoms with E-state index in [4.69, 9.17) is 24.7 Å². The fourth-order valence-electron chi connectivity index (χ4n) is 3.74. The van der Waals surface area contributed by atoms with Crippen molar-refractivity contribution in [1.82, 2.24) is 5.32 Å². The number of nitrogens with one attached hydrogen (secondary N) is 1. The van der Waals surface area contributed by atoms with Gasteiger partial charge >= 0.3 is 11.9 Å².